The summed E-state index contributed by atoms with van der Waals surface area (Å²) in [5, 5.41) is 3.66. The molecule has 5 heterocycles. The Labute approximate surface area is 250 Å². The third kappa shape index (κ3) is 3.77. The molecule has 0 unspecified atom stereocenters. The van der Waals surface area contributed by atoms with Gasteiger partial charge in [-0.1, -0.05) is 100 Å². The number of benzene rings is 3. The van der Waals surface area contributed by atoms with Crippen LogP contribution >= 0.6 is 0 Å². The fourth-order valence-corrected chi connectivity index (χ4v) is 5.46. The van der Waals surface area contributed by atoms with Crippen LogP contribution in [0.4, 0.5) is 0 Å². The summed E-state index contributed by atoms with van der Waals surface area (Å²) in [7, 11) is 0. The summed E-state index contributed by atoms with van der Waals surface area (Å²) in [5.74, 6) is 2.48. The second-order valence-electron chi connectivity index (χ2n) is 11.4. The first kappa shape index (κ1) is 26.3. The van der Waals surface area contributed by atoms with Gasteiger partial charge in [0.15, 0.2) is 0 Å². The van der Waals surface area contributed by atoms with E-state index >= 15 is 0 Å². The van der Waals surface area contributed by atoms with Crippen LogP contribution in [0, 0.1) is 0 Å². The Morgan fingerprint density at radius 2 is 0.810 bits per heavy atom. The number of aromatic nitrogens is 8. The van der Waals surface area contributed by atoms with Gasteiger partial charge < -0.3 is 29.9 Å². The molecule has 10 heteroatoms. The molecule has 8 rings (SSSR count). The van der Waals surface area contributed by atoms with Crippen molar-refractivity contribution in [2.24, 2.45) is 0 Å². The molecule has 0 N–H and O–H groups in total. The molecule has 2 aliphatic heterocycles. The van der Waals surface area contributed by atoms with Crippen molar-refractivity contribution in [3.8, 4) is 22.8 Å². The quantitative estimate of drug-likeness (QED) is 0.213. The Hall–Kier alpha value is -4.60. The summed E-state index contributed by atoms with van der Waals surface area (Å²) >= 11 is 1.06. The van der Waals surface area contributed by atoms with Gasteiger partial charge in [0.05, 0.1) is 23.3 Å². The Balaban J connectivity index is 0.00000141. The van der Waals surface area contributed by atoms with E-state index in [9.17, 15) is 0 Å². The average Bonchev–Trinajstić information content (AvgIpc) is 3.68. The average molecular weight is 588 g/mol. The molecular weight excluding hydrogens is 563 g/mol. The van der Waals surface area contributed by atoms with Crippen molar-refractivity contribution < 1.29 is 21.0 Å². The van der Waals surface area contributed by atoms with E-state index in [1.807, 2.05) is 72.8 Å². The number of rotatable bonds is 0. The topological polar surface area (TPSA) is 123 Å². The van der Waals surface area contributed by atoms with Gasteiger partial charge in [-0.05, 0) is 21.5 Å². The van der Waals surface area contributed by atoms with Crippen molar-refractivity contribution >= 4 is 44.1 Å². The van der Waals surface area contributed by atoms with Crippen LogP contribution in [-0.4, -0.2) is 29.9 Å². The first-order valence-electron chi connectivity index (χ1n) is 13.5. The molecule has 3 aromatic carbocycles. The van der Waals surface area contributed by atoms with Crippen LogP contribution in [0.5, 0.6) is 0 Å². The van der Waals surface area contributed by atoms with Gasteiger partial charge in [0.1, 0.15) is 0 Å². The molecule has 0 amide bonds. The fraction of sp³-hybridized carbons (Fsp3) is 0.188. The summed E-state index contributed by atoms with van der Waals surface area (Å²) in [6.45, 7) is 8.62. The second kappa shape index (κ2) is 9.47. The number of hydrogen-bond donors (Lipinski definition) is 0. The van der Waals surface area contributed by atoms with Crippen molar-refractivity contribution in [1.82, 2.24) is 39.9 Å². The standard InChI is InChI=1S/C32H24N8.O.V/c1-31(2)29-38-27-21-15-9-7-13-19(21)25(36-27)34-23-17-11-5-6-12-18(17)24(33-23)35-26-20-14-8-10-16-22(20)28(37-26)39-30(40-29)32(31,3)4;;/h5-16H,1-4H3;;/q-2;;+2. The van der Waals surface area contributed by atoms with Gasteiger partial charge in [-0.15, -0.1) is 0 Å². The van der Waals surface area contributed by atoms with E-state index in [0.717, 1.165) is 50.0 Å². The fourth-order valence-electron chi connectivity index (χ4n) is 5.46. The zero-order chi connectivity index (χ0) is 29.2. The molecule has 6 aromatic rings. The van der Waals surface area contributed by atoms with Crippen LogP contribution in [0.25, 0.3) is 66.9 Å². The Morgan fingerprint density at radius 1 is 0.476 bits per heavy atom. The molecule has 0 atom stereocenters. The summed E-state index contributed by atoms with van der Waals surface area (Å²) in [6.07, 6.45) is 0. The maximum atomic E-state index is 8.19. The first-order chi connectivity index (χ1) is 20.3. The monoisotopic (exact) mass is 587 g/mol. The number of fused-ring (bicyclic) bond motifs is 17. The molecule has 0 saturated carbocycles. The van der Waals surface area contributed by atoms with Crippen LogP contribution in [0.1, 0.15) is 39.3 Å². The Bertz CT molecular complexity index is 2060. The zero-order valence-corrected chi connectivity index (χ0v) is 24.8. The molecule has 0 radical (unpaired) electrons. The maximum absolute atomic E-state index is 8.19. The van der Waals surface area contributed by atoms with Crippen LogP contribution in [0.2, 0.25) is 0 Å². The molecule has 0 spiro atoms. The third-order valence-corrected chi connectivity index (χ3v) is 8.60. The van der Waals surface area contributed by atoms with E-state index in [1.165, 1.54) is 0 Å². The van der Waals surface area contributed by atoms with Crippen molar-refractivity contribution in [2.75, 3.05) is 0 Å². The summed E-state index contributed by atoms with van der Waals surface area (Å²) in [6, 6.07) is 24.0. The molecule has 0 aliphatic carbocycles. The van der Waals surface area contributed by atoms with Crippen LogP contribution in [0.3, 0.4) is 0 Å². The predicted octanol–water partition coefficient (Wildman–Crippen LogP) is 5.93. The van der Waals surface area contributed by atoms with Gasteiger partial charge in [-0.2, -0.15) is 0 Å². The molecule has 9 nitrogen and oxygen atoms in total. The predicted molar refractivity (Wildman–Crippen MR) is 156 cm³/mol. The van der Waals surface area contributed by atoms with E-state index in [-0.39, 0.29) is 0 Å². The van der Waals surface area contributed by atoms with Gasteiger partial charge in [-0.3, -0.25) is 4.98 Å². The van der Waals surface area contributed by atoms with E-state index in [2.05, 4.69) is 27.7 Å². The molecule has 0 fully saturated rings. The van der Waals surface area contributed by atoms with Gasteiger partial charge in [0.25, 0.3) is 0 Å². The SMILES string of the molecule is CC1(C)c2nc(nc3[n-]c(nc4nc(nc5[n-]c(n2)c2ccccc52)-c2ccccc2-4)c2ccccc32)C1(C)C.[O]=[V+2]. The summed E-state index contributed by atoms with van der Waals surface area (Å²) < 4.78 is 8.19. The first-order valence-corrected chi connectivity index (χ1v) is 14.1. The minimum absolute atomic E-state index is 0.412. The van der Waals surface area contributed by atoms with Crippen molar-refractivity contribution in [3.05, 3.63) is 84.4 Å². The van der Waals surface area contributed by atoms with Gasteiger partial charge in [0, 0.05) is 44.5 Å². The second-order valence-corrected chi connectivity index (χ2v) is 11.4. The van der Waals surface area contributed by atoms with Crippen molar-refractivity contribution in [2.45, 2.75) is 38.5 Å². The number of hydrogen-bond acceptors (Lipinski definition) is 7. The molecule has 0 saturated heterocycles. The minimum atomic E-state index is -0.412. The van der Waals surface area contributed by atoms with Crippen molar-refractivity contribution in [3.63, 3.8) is 0 Å². The normalized spacial score (nSPS) is 14.8. The number of nitrogens with zero attached hydrogens (tertiary/aromatic N) is 8. The molecular formula is C32H24N8OV. The Kier molecular flexibility index (Phi) is 5.93. The van der Waals surface area contributed by atoms with Gasteiger partial charge in [-0.25, -0.2) is 4.98 Å². The van der Waals surface area contributed by atoms with Crippen molar-refractivity contribution in [1.29, 1.82) is 0 Å². The van der Waals surface area contributed by atoms with Gasteiger partial charge >= 0.3 is 21.0 Å². The summed E-state index contributed by atoms with van der Waals surface area (Å²) in [5.41, 5.74) is 3.29. The van der Waals surface area contributed by atoms with E-state index in [4.69, 9.17) is 43.5 Å². The van der Waals surface area contributed by atoms with E-state index in [1.54, 1.807) is 0 Å². The molecule has 203 valence electrons. The van der Waals surface area contributed by atoms with Crippen LogP contribution in [0.15, 0.2) is 72.8 Å². The van der Waals surface area contributed by atoms with E-state index < -0.39 is 10.8 Å². The van der Waals surface area contributed by atoms with Crippen LogP contribution < -0.4 is 9.97 Å². The third-order valence-electron chi connectivity index (χ3n) is 8.60. The zero-order valence-electron chi connectivity index (χ0n) is 23.4. The van der Waals surface area contributed by atoms with Crippen LogP contribution in [-0.2, 0) is 31.9 Å². The van der Waals surface area contributed by atoms with E-state index in [0.29, 0.717) is 45.9 Å². The molecule has 8 bridgehead atoms. The Morgan fingerprint density at radius 3 is 1.19 bits per heavy atom. The molecule has 42 heavy (non-hydrogen) atoms. The molecule has 2 aliphatic rings. The summed E-state index contributed by atoms with van der Waals surface area (Å²) in [4.78, 5) is 39.8. The molecule has 3 aromatic heterocycles. The van der Waals surface area contributed by atoms with Gasteiger partial charge in [0.2, 0.25) is 0 Å².